The predicted octanol–water partition coefficient (Wildman–Crippen LogP) is 5.19. The molecule has 2 aliphatic carbocycles. The van der Waals surface area contributed by atoms with Crippen molar-refractivity contribution in [2.45, 2.75) is 84.2 Å². The van der Waals surface area contributed by atoms with E-state index in [2.05, 4.69) is 25.7 Å². The van der Waals surface area contributed by atoms with E-state index in [0.717, 1.165) is 12.5 Å². The molecule has 0 unspecified atom stereocenters. The maximum absolute atomic E-state index is 5.71. The summed E-state index contributed by atoms with van der Waals surface area (Å²) in [6.07, 6.45) is 13.8. The van der Waals surface area contributed by atoms with Crippen LogP contribution in [0.3, 0.4) is 0 Å². The van der Waals surface area contributed by atoms with Crippen LogP contribution in [0.1, 0.15) is 78.1 Å². The van der Waals surface area contributed by atoms with E-state index in [9.17, 15) is 0 Å². The fourth-order valence-electron chi connectivity index (χ4n) is 3.85. The molecule has 0 aromatic rings. The molecule has 20 heavy (non-hydrogen) atoms. The maximum Gasteiger partial charge on any atom is 0.0575 e. The Bertz CT molecular complexity index is 278. The number of rotatable bonds is 4. The normalized spacial score (nSPS) is 34.3. The summed E-state index contributed by atoms with van der Waals surface area (Å²) in [5, 5.41) is 0. The van der Waals surface area contributed by atoms with Gasteiger partial charge in [-0.2, -0.15) is 0 Å². The van der Waals surface area contributed by atoms with Crippen LogP contribution in [0.2, 0.25) is 0 Å². The molecular formula is C19H32O. The Morgan fingerprint density at radius 1 is 0.800 bits per heavy atom. The molecule has 114 valence electrons. The monoisotopic (exact) mass is 276 g/mol. The first-order valence-corrected chi connectivity index (χ1v) is 8.94. The molecule has 0 heterocycles. The van der Waals surface area contributed by atoms with Gasteiger partial charge in [0.05, 0.1) is 6.10 Å². The van der Waals surface area contributed by atoms with Gasteiger partial charge in [-0.1, -0.05) is 31.6 Å². The molecule has 0 aliphatic heterocycles. The Kier molecular flexibility index (Phi) is 6.94. The highest BCUT2D eigenvalue weighted by Crippen LogP contribution is 2.31. The third kappa shape index (κ3) is 5.13. The number of ether oxygens (including phenoxy) is 1. The van der Waals surface area contributed by atoms with Crippen LogP contribution in [-0.4, -0.2) is 12.7 Å². The largest absolute Gasteiger partial charge is 0.379 e. The lowest BCUT2D eigenvalue weighted by Crippen LogP contribution is -2.21. The quantitative estimate of drug-likeness (QED) is 0.642. The Labute approximate surface area is 125 Å². The molecule has 0 N–H and O–H groups in total. The van der Waals surface area contributed by atoms with Gasteiger partial charge in [0.15, 0.2) is 0 Å². The van der Waals surface area contributed by atoms with E-state index in [-0.39, 0.29) is 0 Å². The standard InChI is InChI=1S/C19H32O/c1-3-5-16-6-8-17(9-7-16)10-11-18-12-14-19(15-13-18)20-4-2/h16-19H,3-9,12-15H2,1-2H3. The predicted molar refractivity (Wildman–Crippen MR) is 85.5 cm³/mol. The van der Waals surface area contributed by atoms with Crippen molar-refractivity contribution in [1.29, 1.82) is 0 Å². The van der Waals surface area contributed by atoms with Crippen LogP contribution in [0, 0.1) is 29.6 Å². The van der Waals surface area contributed by atoms with Crippen LogP contribution in [0.5, 0.6) is 0 Å². The molecule has 2 saturated carbocycles. The van der Waals surface area contributed by atoms with Gasteiger partial charge in [0, 0.05) is 18.4 Å². The van der Waals surface area contributed by atoms with Crippen molar-refractivity contribution >= 4 is 0 Å². The molecule has 0 saturated heterocycles. The zero-order valence-electron chi connectivity index (χ0n) is 13.5. The second-order valence-corrected chi connectivity index (χ2v) is 6.72. The van der Waals surface area contributed by atoms with Gasteiger partial charge in [-0.15, -0.1) is 0 Å². The molecule has 2 rings (SSSR count). The minimum absolute atomic E-state index is 0.516. The molecule has 1 nitrogen and oxygen atoms in total. The van der Waals surface area contributed by atoms with E-state index >= 15 is 0 Å². The summed E-state index contributed by atoms with van der Waals surface area (Å²) in [5.41, 5.74) is 0. The van der Waals surface area contributed by atoms with E-state index in [4.69, 9.17) is 4.74 Å². The Morgan fingerprint density at radius 2 is 1.35 bits per heavy atom. The molecule has 0 amide bonds. The van der Waals surface area contributed by atoms with E-state index in [1.54, 1.807) is 0 Å². The fraction of sp³-hybridized carbons (Fsp3) is 0.895. The highest BCUT2D eigenvalue weighted by atomic mass is 16.5. The molecule has 0 aromatic carbocycles. The van der Waals surface area contributed by atoms with Gasteiger partial charge in [-0.25, -0.2) is 0 Å². The summed E-state index contributed by atoms with van der Waals surface area (Å²) >= 11 is 0. The first kappa shape index (κ1) is 15.9. The third-order valence-corrected chi connectivity index (χ3v) is 5.11. The second kappa shape index (κ2) is 8.73. The second-order valence-electron chi connectivity index (χ2n) is 6.72. The lowest BCUT2D eigenvalue weighted by molar-refractivity contribution is 0.0310. The molecule has 0 aromatic heterocycles. The van der Waals surface area contributed by atoms with E-state index in [1.807, 2.05) is 0 Å². The molecule has 0 spiro atoms. The lowest BCUT2D eigenvalue weighted by atomic mass is 9.80. The molecular weight excluding hydrogens is 244 g/mol. The van der Waals surface area contributed by atoms with Gasteiger partial charge in [0.25, 0.3) is 0 Å². The first-order chi connectivity index (χ1) is 9.81. The molecule has 0 bridgehead atoms. The average molecular weight is 276 g/mol. The first-order valence-electron chi connectivity index (χ1n) is 8.94. The maximum atomic E-state index is 5.71. The van der Waals surface area contributed by atoms with Gasteiger partial charge in [0.2, 0.25) is 0 Å². The SMILES string of the molecule is CCCC1CCC(C#CC2CCC(OCC)CC2)CC1. The fourth-order valence-corrected chi connectivity index (χ4v) is 3.85. The van der Waals surface area contributed by atoms with Gasteiger partial charge < -0.3 is 4.74 Å². The van der Waals surface area contributed by atoms with Crippen LogP contribution in [0.4, 0.5) is 0 Å². The van der Waals surface area contributed by atoms with Crippen molar-refractivity contribution in [1.82, 2.24) is 0 Å². The minimum Gasteiger partial charge on any atom is -0.379 e. The lowest BCUT2D eigenvalue weighted by Gasteiger charge is -2.26. The molecule has 2 aliphatic rings. The van der Waals surface area contributed by atoms with Crippen LogP contribution >= 0.6 is 0 Å². The van der Waals surface area contributed by atoms with Gasteiger partial charge in [-0.3, -0.25) is 0 Å². The zero-order chi connectivity index (χ0) is 14.2. The van der Waals surface area contributed by atoms with E-state index in [1.165, 1.54) is 64.2 Å². The minimum atomic E-state index is 0.516. The Morgan fingerprint density at radius 3 is 1.85 bits per heavy atom. The van der Waals surface area contributed by atoms with Crippen LogP contribution in [0.15, 0.2) is 0 Å². The van der Waals surface area contributed by atoms with Crippen LogP contribution in [-0.2, 0) is 4.74 Å². The van der Waals surface area contributed by atoms with E-state index in [0.29, 0.717) is 17.9 Å². The van der Waals surface area contributed by atoms with Crippen molar-refractivity contribution in [3.05, 3.63) is 0 Å². The Balaban J connectivity index is 1.68. The van der Waals surface area contributed by atoms with Gasteiger partial charge in [-0.05, 0) is 64.2 Å². The van der Waals surface area contributed by atoms with Crippen molar-refractivity contribution < 1.29 is 4.74 Å². The summed E-state index contributed by atoms with van der Waals surface area (Å²) in [5.74, 6) is 9.56. The topological polar surface area (TPSA) is 9.23 Å². The summed E-state index contributed by atoms with van der Waals surface area (Å²) < 4.78 is 5.71. The number of hydrogen-bond acceptors (Lipinski definition) is 1. The highest BCUT2D eigenvalue weighted by Gasteiger charge is 2.21. The Hall–Kier alpha value is -0.480. The molecule has 1 heteroatoms. The molecule has 2 fully saturated rings. The van der Waals surface area contributed by atoms with Crippen LogP contribution in [0.25, 0.3) is 0 Å². The summed E-state index contributed by atoms with van der Waals surface area (Å²) in [6, 6.07) is 0. The average Bonchev–Trinajstić information content (AvgIpc) is 2.49. The van der Waals surface area contributed by atoms with Gasteiger partial charge >= 0.3 is 0 Å². The van der Waals surface area contributed by atoms with Crippen molar-refractivity contribution in [2.75, 3.05) is 6.61 Å². The summed E-state index contributed by atoms with van der Waals surface area (Å²) in [6.45, 7) is 5.27. The highest BCUT2D eigenvalue weighted by molar-refractivity contribution is 5.09. The molecule has 0 radical (unpaired) electrons. The van der Waals surface area contributed by atoms with Crippen molar-refractivity contribution in [3.63, 3.8) is 0 Å². The van der Waals surface area contributed by atoms with Crippen molar-refractivity contribution in [3.8, 4) is 11.8 Å². The number of hydrogen-bond donors (Lipinski definition) is 0. The van der Waals surface area contributed by atoms with Gasteiger partial charge in [0.1, 0.15) is 0 Å². The summed E-state index contributed by atoms with van der Waals surface area (Å²) in [4.78, 5) is 0. The molecule has 0 atom stereocenters. The van der Waals surface area contributed by atoms with Crippen molar-refractivity contribution in [2.24, 2.45) is 17.8 Å². The summed E-state index contributed by atoms with van der Waals surface area (Å²) in [7, 11) is 0. The third-order valence-electron chi connectivity index (χ3n) is 5.11. The smallest absolute Gasteiger partial charge is 0.0575 e. The zero-order valence-corrected chi connectivity index (χ0v) is 13.5. The van der Waals surface area contributed by atoms with Crippen LogP contribution < -0.4 is 0 Å². The van der Waals surface area contributed by atoms with E-state index < -0.39 is 0 Å².